The van der Waals surface area contributed by atoms with Crippen molar-refractivity contribution in [1.29, 1.82) is 0 Å². The number of halogens is 1. The Hall–Kier alpha value is -1.40. The van der Waals surface area contributed by atoms with Crippen molar-refractivity contribution >= 4 is 27.7 Å². The van der Waals surface area contributed by atoms with Gasteiger partial charge in [-0.05, 0) is 40.9 Å². The van der Waals surface area contributed by atoms with Crippen LogP contribution in [-0.4, -0.2) is 47.6 Å². The Morgan fingerprint density at radius 2 is 2.15 bits per heavy atom. The van der Waals surface area contributed by atoms with Crippen LogP contribution in [-0.2, 0) is 4.79 Å². The SMILES string of the molecule is O=C(NCC(=O)N1CCC[C@H](O)C1)c1ccccc1Br. The van der Waals surface area contributed by atoms with Gasteiger partial charge in [0.2, 0.25) is 5.91 Å². The minimum Gasteiger partial charge on any atom is -0.391 e. The number of hydrogen-bond acceptors (Lipinski definition) is 3. The van der Waals surface area contributed by atoms with Crippen LogP contribution in [0.15, 0.2) is 28.7 Å². The van der Waals surface area contributed by atoms with Crippen LogP contribution < -0.4 is 5.32 Å². The summed E-state index contributed by atoms with van der Waals surface area (Å²) in [5.74, 6) is -0.451. The highest BCUT2D eigenvalue weighted by Crippen LogP contribution is 2.15. The van der Waals surface area contributed by atoms with E-state index in [1.54, 1.807) is 23.1 Å². The number of carbonyl (C=O) groups is 2. The summed E-state index contributed by atoms with van der Waals surface area (Å²) in [6.07, 6.45) is 1.07. The number of aliphatic hydroxyl groups is 1. The molecule has 0 spiro atoms. The molecule has 0 bridgehead atoms. The molecule has 0 unspecified atom stereocenters. The van der Waals surface area contributed by atoms with E-state index in [1.807, 2.05) is 6.07 Å². The van der Waals surface area contributed by atoms with Crippen LogP contribution in [0.1, 0.15) is 23.2 Å². The molecule has 108 valence electrons. The highest BCUT2D eigenvalue weighted by atomic mass is 79.9. The number of carbonyl (C=O) groups excluding carboxylic acids is 2. The van der Waals surface area contributed by atoms with E-state index in [-0.39, 0.29) is 18.4 Å². The molecular formula is C14H17BrN2O3. The minimum atomic E-state index is -0.452. The molecule has 0 saturated carbocycles. The first-order valence-electron chi connectivity index (χ1n) is 6.56. The largest absolute Gasteiger partial charge is 0.391 e. The second-order valence-electron chi connectivity index (χ2n) is 4.80. The number of piperidine rings is 1. The van der Waals surface area contributed by atoms with Crippen molar-refractivity contribution in [3.05, 3.63) is 34.3 Å². The molecule has 0 aromatic heterocycles. The second kappa shape index (κ2) is 6.85. The van der Waals surface area contributed by atoms with Crippen molar-refractivity contribution in [1.82, 2.24) is 10.2 Å². The molecule has 6 heteroatoms. The molecule has 2 rings (SSSR count). The lowest BCUT2D eigenvalue weighted by atomic mass is 10.1. The van der Waals surface area contributed by atoms with Crippen molar-refractivity contribution in [2.45, 2.75) is 18.9 Å². The molecule has 1 heterocycles. The van der Waals surface area contributed by atoms with Gasteiger partial charge in [-0.2, -0.15) is 0 Å². The number of nitrogens with one attached hydrogen (secondary N) is 1. The minimum absolute atomic E-state index is 0.0487. The van der Waals surface area contributed by atoms with Gasteiger partial charge in [0.1, 0.15) is 0 Å². The van der Waals surface area contributed by atoms with Crippen molar-refractivity contribution in [2.24, 2.45) is 0 Å². The molecule has 1 aromatic rings. The second-order valence-corrected chi connectivity index (χ2v) is 5.65. The summed E-state index contributed by atoms with van der Waals surface area (Å²) in [6, 6.07) is 7.05. The van der Waals surface area contributed by atoms with Crippen LogP contribution in [0.5, 0.6) is 0 Å². The number of β-amino-alcohol motifs (C(OH)–C–C–N with tert-alkyl or cyclic N) is 1. The lowest BCUT2D eigenvalue weighted by Crippen LogP contribution is -2.46. The van der Waals surface area contributed by atoms with Gasteiger partial charge in [0.25, 0.3) is 5.91 Å². The van der Waals surface area contributed by atoms with Crippen molar-refractivity contribution in [3.8, 4) is 0 Å². The zero-order chi connectivity index (χ0) is 14.5. The van der Waals surface area contributed by atoms with Gasteiger partial charge in [-0.1, -0.05) is 12.1 Å². The normalized spacial score (nSPS) is 18.7. The predicted molar refractivity (Wildman–Crippen MR) is 78.3 cm³/mol. The topological polar surface area (TPSA) is 69.6 Å². The smallest absolute Gasteiger partial charge is 0.252 e. The molecule has 0 aliphatic carbocycles. The van der Waals surface area contributed by atoms with Crippen molar-refractivity contribution in [2.75, 3.05) is 19.6 Å². The van der Waals surface area contributed by atoms with Gasteiger partial charge in [0.15, 0.2) is 0 Å². The number of benzene rings is 1. The summed E-state index contributed by atoms with van der Waals surface area (Å²) in [7, 11) is 0. The van der Waals surface area contributed by atoms with E-state index >= 15 is 0 Å². The molecule has 2 amide bonds. The Morgan fingerprint density at radius 1 is 1.40 bits per heavy atom. The standard InChI is InChI=1S/C14H17BrN2O3/c15-12-6-2-1-5-11(12)14(20)16-8-13(19)17-7-3-4-10(18)9-17/h1-2,5-6,10,18H,3-4,7-9H2,(H,16,20)/t10-/m0/s1. The molecule has 1 atom stereocenters. The zero-order valence-electron chi connectivity index (χ0n) is 11.0. The number of amides is 2. The number of nitrogens with zero attached hydrogens (tertiary/aromatic N) is 1. The van der Waals surface area contributed by atoms with Gasteiger partial charge < -0.3 is 15.3 Å². The van der Waals surface area contributed by atoms with Gasteiger partial charge in [-0.3, -0.25) is 9.59 Å². The van der Waals surface area contributed by atoms with E-state index in [1.165, 1.54) is 0 Å². The highest BCUT2D eigenvalue weighted by Gasteiger charge is 2.22. The van der Waals surface area contributed by atoms with Crippen molar-refractivity contribution in [3.63, 3.8) is 0 Å². The van der Waals surface area contributed by atoms with E-state index in [2.05, 4.69) is 21.2 Å². The van der Waals surface area contributed by atoms with E-state index in [9.17, 15) is 14.7 Å². The van der Waals surface area contributed by atoms with Crippen LogP contribution >= 0.6 is 15.9 Å². The average Bonchev–Trinajstić information content (AvgIpc) is 2.45. The Labute approximate surface area is 126 Å². The van der Waals surface area contributed by atoms with Gasteiger partial charge >= 0.3 is 0 Å². The van der Waals surface area contributed by atoms with E-state index in [0.29, 0.717) is 23.1 Å². The molecule has 20 heavy (non-hydrogen) atoms. The average molecular weight is 341 g/mol. The monoisotopic (exact) mass is 340 g/mol. The lowest BCUT2D eigenvalue weighted by molar-refractivity contribution is -0.133. The van der Waals surface area contributed by atoms with E-state index in [0.717, 1.165) is 12.8 Å². The fourth-order valence-electron chi connectivity index (χ4n) is 2.19. The van der Waals surface area contributed by atoms with Crippen LogP contribution in [0.2, 0.25) is 0 Å². The maximum Gasteiger partial charge on any atom is 0.252 e. The summed E-state index contributed by atoms with van der Waals surface area (Å²) in [5.41, 5.74) is 0.499. The van der Waals surface area contributed by atoms with Crippen molar-refractivity contribution < 1.29 is 14.7 Å². The first-order chi connectivity index (χ1) is 9.58. The summed E-state index contributed by atoms with van der Waals surface area (Å²) >= 11 is 3.30. The van der Waals surface area contributed by atoms with Gasteiger partial charge in [0, 0.05) is 17.6 Å². The summed E-state index contributed by atoms with van der Waals surface area (Å²) in [6.45, 7) is 0.942. The number of hydrogen-bond donors (Lipinski definition) is 2. The molecule has 1 saturated heterocycles. The van der Waals surface area contributed by atoms with Crippen LogP contribution in [0, 0.1) is 0 Å². The molecule has 1 aliphatic rings. The first-order valence-corrected chi connectivity index (χ1v) is 7.36. The third-order valence-electron chi connectivity index (χ3n) is 3.27. The van der Waals surface area contributed by atoms with Gasteiger partial charge in [-0.15, -0.1) is 0 Å². The van der Waals surface area contributed by atoms with Gasteiger partial charge in [0.05, 0.1) is 18.2 Å². The molecule has 2 N–H and O–H groups in total. The highest BCUT2D eigenvalue weighted by molar-refractivity contribution is 9.10. The third kappa shape index (κ3) is 3.80. The van der Waals surface area contributed by atoms with Crippen LogP contribution in [0.3, 0.4) is 0 Å². The Kier molecular flexibility index (Phi) is 5.14. The Morgan fingerprint density at radius 3 is 2.85 bits per heavy atom. The maximum absolute atomic E-state index is 12.0. The molecule has 5 nitrogen and oxygen atoms in total. The molecule has 1 fully saturated rings. The Balaban J connectivity index is 1.87. The molecule has 1 aromatic carbocycles. The first kappa shape index (κ1) is 15.0. The maximum atomic E-state index is 12.0. The fraction of sp³-hybridized carbons (Fsp3) is 0.429. The summed E-state index contributed by atoms with van der Waals surface area (Å²) in [4.78, 5) is 25.5. The van der Waals surface area contributed by atoms with Crippen LogP contribution in [0.25, 0.3) is 0 Å². The fourth-order valence-corrected chi connectivity index (χ4v) is 2.65. The van der Waals surface area contributed by atoms with Gasteiger partial charge in [-0.25, -0.2) is 0 Å². The van der Waals surface area contributed by atoms with Crippen LogP contribution in [0.4, 0.5) is 0 Å². The molecular weight excluding hydrogens is 324 g/mol. The van der Waals surface area contributed by atoms with E-state index in [4.69, 9.17) is 0 Å². The number of likely N-dealkylation sites (tertiary alicyclic amines) is 1. The Bertz CT molecular complexity index is 507. The number of rotatable bonds is 3. The summed E-state index contributed by atoms with van der Waals surface area (Å²) < 4.78 is 0.693. The number of aliphatic hydroxyl groups excluding tert-OH is 1. The zero-order valence-corrected chi connectivity index (χ0v) is 12.6. The lowest BCUT2D eigenvalue weighted by Gasteiger charge is -2.30. The molecule has 0 radical (unpaired) electrons. The molecule has 1 aliphatic heterocycles. The third-order valence-corrected chi connectivity index (χ3v) is 3.96. The quantitative estimate of drug-likeness (QED) is 0.867. The summed E-state index contributed by atoms with van der Waals surface area (Å²) in [5, 5.41) is 12.1. The van der Waals surface area contributed by atoms with E-state index < -0.39 is 6.10 Å². The predicted octanol–water partition coefficient (Wildman–Crippen LogP) is 1.16.